The van der Waals surface area contributed by atoms with Gasteiger partial charge in [-0.05, 0) is 6.92 Å². The van der Waals surface area contributed by atoms with E-state index in [1.165, 1.54) is 0 Å². The summed E-state index contributed by atoms with van der Waals surface area (Å²) < 4.78 is 193. The largest absolute Gasteiger partial charge is 0.478 e. The van der Waals surface area contributed by atoms with Crippen molar-refractivity contribution in [3.63, 3.8) is 0 Å². The van der Waals surface area contributed by atoms with Crippen LogP contribution in [0.15, 0.2) is 11.6 Å². The van der Waals surface area contributed by atoms with E-state index in [0.717, 1.165) is 0 Å². The van der Waals surface area contributed by atoms with Crippen LogP contribution in [0, 0.1) is 0 Å². The number of alkyl halides is 15. The Labute approximate surface area is 150 Å². The van der Waals surface area contributed by atoms with Crippen molar-refractivity contribution in [2.24, 2.45) is 0 Å². The SMILES string of the molecule is C/C(=C\CC(F)(F)C(F)(F)C(F)(F)C(F)(F)C(F)(F)C(F)(F)C(F)(F)F)C(=O)O. The first-order chi connectivity index (χ1) is 12.3. The van der Waals surface area contributed by atoms with Crippen LogP contribution in [0.4, 0.5) is 65.9 Å². The number of hydrogen-bond acceptors (Lipinski definition) is 1. The molecule has 0 fully saturated rings. The summed E-state index contributed by atoms with van der Waals surface area (Å²) in [6.07, 6.45) is -10.9. The van der Waals surface area contributed by atoms with Crippen LogP contribution in [0.3, 0.4) is 0 Å². The molecule has 17 heteroatoms. The van der Waals surface area contributed by atoms with E-state index in [1.807, 2.05) is 0 Å². The fourth-order valence-corrected chi connectivity index (χ4v) is 1.50. The third-order valence-electron chi connectivity index (χ3n) is 3.39. The molecule has 0 aromatic rings. The zero-order valence-electron chi connectivity index (χ0n) is 13.3. The molecule has 0 amide bonds. The third kappa shape index (κ3) is 3.95. The summed E-state index contributed by atoms with van der Waals surface area (Å²) in [5.74, 6) is -49.0. The normalized spacial score (nSPS) is 16.2. The molecular formula is C12H7F15O2. The molecule has 0 aliphatic carbocycles. The number of halogens is 15. The Bertz CT molecular complexity index is 659. The van der Waals surface area contributed by atoms with Gasteiger partial charge in [0, 0.05) is 12.0 Å². The van der Waals surface area contributed by atoms with Crippen LogP contribution in [-0.4, -0.2) is 52.8 Å². The van der Waals surface area contributed by atoms with Crippen LogP contribution < -0.4 is 0 Å². The van der Waals surface area contributed by atoms with E-state index in [2.05, 4.69) is 0 Å². The molecular weight excluding hydrogens is 461 g/mol. The van der Waals surface area contributed by atoms with Crippen LogP contribution in [0.1, 0.15) is 13.3 Å². The second-order valence-electron chi connectivity index (χ2n) is 5.47. The molecule has 172 valence electrons. The van der Waals surface area contributed by atoms with Crippen molar-refractivity contribution < 1.29 is 75.8 Å². The van der Waals surface area contributed by atoms with Gasteiger partial charge in [0.05, 0.1) is 0 Å². The number of carboxylic acid groups (broad SMARTS) is 1. The van der Waals surface area contributed by atoms with Crippen molar-refractivity contribution in [3.05, 3.63) is 11.6 Å². The number of allylic oxidation sites excluding steroid dienone is 1. The van der Waals surface area contributed by atoms with Gasteiger partial charge in [-0.25, -0.2) is 4.79 Å². The van der Waals surface area contributed by atoms with Gasteiger partial charge in [0.15, 0.2) is 0 Å². The first-order valence-electron chi connectivity index (χ1n) is 6.56. The Kier molecular flexibility index (Phi) is 6.69. The van der Waals surface area contributed by atoms with E-state index in [9.17, 15) is 70.7 Å². The summed E-state index contributed by atoms with van der Waals surface area (Å²) in [7, 11) is 0. The van der Waals surface area contributed by atoms with Gasteiger partial charge in [-0.1, -0.05) is 6.08 Å². The van der Waals surface area contributed by atoms with E-state index >= 15 is 0 Å². The quantitative estimate of drug-likeness (QED) is 0.362. The molecule has 0 aromatic heterocycles. The van der Waals surface area contributed by atoms with Gasteiger partial charge in [0.2, 0.25) is 0 Å². The van der Waals surface area contributed by atoms with Crippen molar-refractivity contribution in [1.29, 1.82) is 0 Å². The standard InChI is InChI=1S/C12H7F15O2/c1-4(5(28)29)2-3-6(13,14)7(15,16)8(17,18)9(19,20)10(21,22)11(23,24)12(25,26)27/h2H,3H2,1H3,(H,28,29)/b4-2+. The molecule has 0 spiro atoms. The lowest BCUT2D eigenvalue weighted by Gasteiger charge is -2.41. The minimum atomic E-state index is -8.35. The highest BCUT2D eigenvalue weighted by Crippen LogP contribution is 2.62. The lowest BCUT2D eigenvalue weighted by molar-refractivity contribution is -0.452. The lowest BCUT2D eigenvalue weighted by Crippen LogP contribution is -2.72. The average Bonchev–Trinajstić information content (AvgIpc) is 2.50. The summed E-state index contributed by atoms with van der Waals surface area (Å²) in [5.41, 5.74) is -1.23. The molecule has 0 radical (unpaired) electrons. The first kappa shape index (κ1) is 27.2. The van der Waals surface area contributed by atoms with Gasteiger partial charge in [0.25, 0.3) is 0 Å². The first-order valence-corrected chi connectivity index (χ1v) is 6.56. The molecule has 0 atom stereocenters. The smallest absolute Gasteiger partial charge is 0.460 e. The number of rotatable bonds is 8. The minimum Gasteiger partial charge on any atom is -0.478 e. The van der Waals surface area contributed by atoms with Crippen molar-refractivity contribution in [2.75, 3.05) is 0 Å². The summed E-state index contributed by atoms with van der Waals surface area (Å²) in [6, 6.07) is 0. The molecule has 0 aliphatic rings. The highest BCUT2D eigenvalue weighted by Gasteiger charge is 2.93. The van der Waals surface area contributed by atoms with Crippen LogP contribution >= 0.6 is 0 Å². The molecule has 2 nitrogen and oxygen atoms in total. The topological polar surface area (TPSA) is 37.3 Å². The molecule has 0 aromatic carbocycles. The molecule has 1 N–H and O–H groups in total. The predicted molar refractivity (Wildman–Crippen MR) is 61.7 cm³/mol. The summed E-state index contributed by atoms with van der Waals surface area (Å²) in [4.78, 5) is 10.3. The highest BCUT2D eigenvalue weighted by molar-refractivity contribution is 5.85. The Morgan fingerprint density at radius 2 is 0.966 bits per heavy atom. The van der Waals surface area contributed by atoms with Crippen LogP contribution in [-0.2, 0) is 4.79 Å². The Balaban J connectivity index is 6.43. The Morgan fingerprint density at radius 3 is 1.28 bits per heavy atom. The molecule has 0 saturated heterocycles. The fourth-order valence-electron chi connectivity index (χ4n) is 1.50. The molecule has 0 aliphatic heterocycles. The zero-order chi connectivity index (χ0) is 24.1. The van der Waals surface area contributed by atoms with E-state index < -0.39 is 65.8 Å². The third-order valence-corrected chi connectivity index (χ3v) is 3.39. The summed E-state index contributed by atoms with van der Waals surface area (Å²) in [6.45, 7) is 0.432. The fraction of sp³-hybridized carbons (Fsp3) is 0.750. The van der Waals surface area contributed by atoms with Gasteiger partial charge in [-0.3, -0.25) is 0 Å². The van der Waals surface area contributed by atoms with Crippen molar-refractivity contribution >= 4 is 5.97 Å². The van der Waals surface area contributed by atoms with Gasteiger partial charge in [-0.15, -0.1) is 0 Å². The highest BCUT2D eigenvalue weighted by atomic mass is 19.4. The molecule has 0 saturated carbocycles. The number of aliphatic carboxylic acids is 1. The summed E-state index contributed by atoms with van der Waals surface area (Å²) in [5, 5.41) is 8.29. The Morgan fingerprint density at radius 1 is 0.655 bits per heavy atom. The van der Waals surface area contributed by atoms with Crippen LogP contribution in [0.5, 0.6) is 0 Å². The molecule has 0 unspecified atom stereocenters. The van der Waals surface area contributed by atoms with E-state index in [-0.39, 0.29) is 0 Å². The zero-order valence-corrected chi connectivity index (χ0v) is 13.3. The van der Waals surface area contributed by atoms with E-state index in [1.54, 1.807) is 0 Å². The second kappa shape index (κ2) is 7.14. The van der Waals surface area contributed by atoms with Crippen LogP contribution in [0.2, 0.25) is 0 Å². The second-order valence-corrected chi connectivity index (χ2v) is 5.47. The summed E-state index contributed by atoms with van der Waals surface area (Å²) >= 11 is 0. The maximum atomic E-state index is 13.3. The van der Waals surface area contributed by atoms with Crippen molar-refractivity contribution in [2.45, 2.75) is 55.1 Å². The number of carboxylic acids is 1. The van der Waals surface area contributed by atoms with Crippen molar-refractivity contribution in [3.8, 4) is 0 Å². The molecule has 0 rings (SSSR count). The van der Waals surface area contributed by atoms with Gasteiger partial charge < -0.3 is 5.11 Å². The molecule has 29 heavy (non-hydrogen) atoms. The Hall–Kier alpha value is -1.84. The maximum Gasteiger partial charge on any atom is 0.460 e. The molecule has 0 heterocycles. The lowest BCUT2D eigenvalue weighted by atomic mass is 9.90. The van der Waals surface area contributed by atoms with E-state index in [0.29, 0.717) is 6.92 Å². The van der Waals surface area contributed by atoms with Gasteiger partial charge in [-0.2, -0.15) is 65.9 Å². The minimum absolute atomic E-state index is 0.424. The molecule has 0 bridgehead atoms. The predicted octanol–water partition coefficient (Wildman–Crippen LogP) is 5.78. The van der Waals surface area contributed by atoms with Gasteiger partial charge >= 0.3 is 47.7 Å². The average molecular weight is 468 g/mol. The van der Waals surface area contributed by atoms with Crippen molar-refractivity contribution in [1.82, 2.24) is 0 Å². The van der Waals surface area contributed by atoms with Gasteiger partial charge in [0.1, 0.15) is 0 Å². The monoisotopic (exact) mass is 468 g/mol. The van der Waals surface area contributed by atoms with Crippen LogP contribution in [0.25, 0.3) is 0 Å². The number of carbonyl (C=O) groups is 1. The maximum absolute atomic E-state index is 13.3. The number of hydrogen-bond donors (Lipinski definition) is 1. The van der Waals surface area contributed by atoms with E-state index in [4.69, 9.17) is 5.11 Å².